The average molecular weight is 376 g/mol. The van der Waals surface area contributed by atoms with E-state index >= 15 is 0 Å². The van der Waals surface area contributed by atoms with Crippen LogP contribution in [0.15, 0.2) is 0 Å². The predicted octanol–water partition coefficient (Wildman–Crippen LogP) is -7.06. The summed E-state index contributed by atoms with van der Waals surface area (Å²) < 4.78 is 0. The second-order valence-corrected chi connectivity index (χ2v) is 5.37. The van der Waals surface area contributed by atoms with Crippen LogP contribution in [-0.4, -0.2) is 113 Å². The van der Waals surface area contributed by atoms with Gasteiger partial charge in [-0.15, -0.1) is 0 Å². The summed E-state index contributed by atoms with van der Waals surface area (Å²) in [5.41, 5.74) is 0. The third kappa shape index (κ3) is 2.70. The lowest BCUT2D eigenvalue weighted by Gasteiger charge is -2.35. The van der Waals surface area contributed by atoms with Crippen LogP contribution in [0, 0.1) is 0 Å². The maximum atomic E-state index is 12.1. The highest BCUT2D eigenvalue weighted by atomic mass is 16.4. The molecule has 3 rings (SSSR count). The van der Waals surface area contributed by atoms with Gasteiger partial charge in [0.2, 0.25) is 0 Å². The molecule has 3 aliphatic heterocycles. The molecule has 3 aliphatic rings. The molecule has 0 spiro atoms. The number of amides is 6. The maximum Gasteiger partial charge on any atom is 0.268 e. The van der Waals surface area contributed by atoms with Gasteiger partial charge in [-0.25, -0.2) is 9.80 Å². The first-order chi connectivity index (χ1) is 11.9. The van der Waals surface area contributed by atoms with Crippen molar-refractivity contribution in [3.8, 4) is 0 Å². The molecule has 6 unspecified atom stereocenters. The first kappa shape index (κ1) is 19.7. The largest absolute Gasteiger partial charge is 0.380 e. The van der Waals surface area contributed by atoms with Crippen LogP contribution in [0.25, 0.3) is 0 Å². The number of carbonyl (C=O) groups excluding carboxylic acids is 6. The van der Waals surface area contributed by atoms with Crippen molar-refractivity contribution < 1.29 is 59.4 Å². The maximum absolute atomic E-state index is 12.1. The van der Waals surface area contributed by atoms with Gasteiger partial charge in [-0.2, -0.15) is 0 Å². The average Bonchev–Trinajstić information content (AvgIpc) is 2.62. The lowest BCUT2D eigenvalue weighted by molar-refractivity contribution is -0.189. The van der Waals surface area contributed by atoms with Gasteiger partial charge in [0.05, 0.1) is 0 Å². The Balaban J connectivity index is 2.82. The first-order valence-electron chi connectivity index (χ1n) is 6.85. The fourth-order valence-corrected chi connectivity index (χ4v) is 2.26. The van der Waals surface area contributed by atoms with E-state index in [9.17, 15) is 59.4 Å². The smallest absolute Gasteiger partial charge is 0.268 e. The second kappa shape index (κ2) is 6.60. The Labute approximate surface area is 142 Å². The number of carbonyl (C=O) groups is 6. The minimum absolute atomic E-state index is 0.676. The fraction of sp³-hybridized carbons (Fsp3) is 0.500. The van der Waals surface area contributed by atoms with Crippen LogP contribution in [0.5, 0.6) is 0 Å². The van der Waals surface area contributed by atoms with E-state index in [1.807, 2.05) is 0 Å². The molecule has 3 saturated heterocycles. The SMILES string of the molecule is O=C1C(O)C(O)C(=O)N2C(=O)C(O)C(O)C(=O)N1C(=O)C(O)C(O)C2=O. The Hall–Kier alpha value is -2.62. The molecule has 142 valence electrons. The number of aliphatic hydroxyl groups is 6. The molecular weight excluding hydrogens is 364 g/mol. The molecule has 6 amide bonds. The summed E-state index contributed by atoms with van der Waals surface area (Å²) in [5.74, 6) is -12.1. The lowest BCUT2D eigenvalue weighted by Crippen LogP contribution is -2.68. The standard InChI is InChI=1S/C12H12N2O12/c15-1-2(16)8(22)14-11(25)5(19)3(17)9(23)13(7(1)21)10(24)4(18)6(20)12(14)26/h1-6,15-20H. The monoisotopic (exact) mass is 376 g/mol. The normalized spacial score (nSPS) is 37.2. The quantitative estimate of drug-likeness (QED) is 0.217. The summed E-state index contributed by atoms with van der Waals surface area (Å²) in [6.07, 6.45) is -17.1. The van der Waals surface area contributed by atoms with Gasteiger partial charge in [0, 0.05) is 0 Å². The van der Waals surface area contributed by atoms with Crippen molar-refractivity contribution in [1.82, 2.24) is 9.80 Å². The molecular formula is C12H12N2O12. The Bertz CT molecular complexity index is 564. The van der Waals surface area contributed by atoms with Gasteiger partial charge < -0.3 is 30.6 Å². The number of rotatable bonds is 0. The van der Waals surface area contributed by atoms with Gasteiger partial charge in [0.25, 0.3) is 35.4 Å². The molecule has 14 heteroatoms. The zero-order valence-corrected chi connectivity index (χ0v) is 12.5. The van der Waals surface area contributed by atoms with Crippen molar-refractivity contribution in [3.63, 3.8) is 0 Å². The highest BCUT2D eigenvalue weighted by Crippen LogP contribution is 2.19. The molecule has 0 radical (unpaired) electrons. The minimum atomic E-state index is -2.86. The zero-order chi connectivity index (χ0) is 20.1. The number of aliphatic hydroxyl groups excluding tert-OH is 6. The Morgan fingerprint density at radius 1 is 0.385 bits per heavy atom. The molecule has 2 bridgehead atoms. The third-order valence-electron chi connectivity index (χ3n) is 3.74. The molecule has 3 fully saturated rings. The molecule has 14 nitrogen and oxygen atoms in total. The highest BCUT2D eigenvalue weighted by Gasteiger charge is 2.54. The van der Waals surface area contributed by atoms with Gasteiger partial charge in [0.1, 0.15) is 0 Å². The van der Waals surface area contributed by atoms with E-state index in [1.165, 1.54) is 0 Å². The molecule has 3 heterocycles. The summed E-state index contributed by atoms with van der Waals surface area (Å²) >= 11 is 0. The van der Waals surface area contributed by atoms with Crippen molar-refractivity contribution >= 4 is 35.4 Å². The Morgan fingerprint density at radius 2 is 0.500 bits per heavy atom. The van der Waals surface area contributed by atoms with Gasteiger partial charge in [0.15, 0.2) is 36.6 Å². The van der Waals surface area contributed by atoms with E-state index in [2.05, 4.69) is 0 Å². The third-order valence-corrected chi connectivity index (χ3v) is 3.74. The topological polar surface area (TPSA) is 230 Å². The van der Waals surface area contributed by atoms with Crippen molar-refractivity contribution in [1.29, 1.82) is 0 Å². The summed E-state index contributed by atoms with van der Waals surface area (Å²) in [6, 6.07) is 0. The molecule has 6 atom stereocenters. The number of fused-ring (bicyclic) bond motifs is 9. The van der Waals surface area contributed by atoms with Crippen LogP contribution >= 0.6 is 0 Å². The van der Waals surface area contributed by atoms with Crippen molar-refractivity contribution in [2.24, 2.45) is 0 Å². The van der Waals surface area contributed by atoms with Gasteiger partial charge in [-0.1, -0.05) is 0 Å². The lowest BCUT2D eigenvalue weighted by atomic mass is 10.00. The van der Waals surface area contributed by atoms with Crippen LogP contribution in [0.2, 0.25) is 0 Å². The van der Waals surface area contributed by atoms with E-state index in [1.54, 1.807) is 0 Å². The number of hydrogen-bond donors (Lipinski definition) is 6. The van der Waals surface area contributed by atoms with Gasteiger partial charge >= 0.3 is 0 Å². The molecule has 0 aromatic rings. The molecule has 0 saturated carbocycles. The second-order valence-electron chi connectivity index (χ2n) is 5.37. The van der Waals surface area contributed by atoms with Crippen LogP contribution in [0.1, 0.15) is 0 Å². The minimum Gasteiger partial charge on any atom is -0.380 e. The van der Waals surface area contributed by atoms with Crippen LogP contribution < -0.4 is 0 Å². The number of hydrogen-bond acceptors (Lipinski definition) is 12. The predicted molar refractivity (Wildman–Crippen MR) is 69.8 cm³/mol. The summed E-state index contributed by atoms with van der Waals surface area (Å²) in [5, 5.41) is 58.1. The van der Waals surface area contributed by atoms with Crippen LogP contribution in [0.3, 0.4) is 0 Å². The van der Waals surface area contributed by atoms with Crippen LogP contribution in [-0.2, 0) is 28.8 Å². The molecule has 0 aromatic heterocycles. The highest BCUT2D eigenvalue weighted by molar-refractivity contribution is 6.22. The van der Waals surface area contributed by atoms with E-state index in [0.29, 0.717) is 0 Å². The number of nitrogens with zero attached hydrogens (tertiary/aromatic N) is 2. The molecule has 0 aromatic carbocycles. The van der Waals surface area contributed by atoms with E-state index in [0.717, 1.165) is 0 Å². The summed E-state index contributed by atoms with van der Waals surface area (Å²) in [6.45, 7) is 0. The van der Waals surface area contributed by atoms with Gasteiger partial charge in [-0.3, -0.25) is 28.8 Å². The molecule has 0 aliphatic carbocycles. The Kier molecular flexibility index (Phi) is 5.00. The zero-order valence-electron chi connectivity index (χ0n) is 12.5. The van der Waals surface area contributed by atoms with Crippen molar-refractivity contribution in [3.05, 3.63) is 0 Å². The molecule has 6 N–H and O–H groups in total. The summed E-state index contributed by atoms with van der Waals surface area (Å²) in [7, 11) is 0. The number of imide groups is 6. The Morgan fingerprint density at radius 3 is 0.615 bits per heavy atom. The van der Waals surface area contributed by atoms with E-state index in [4.69, 9.17) is 0 Å². The molecule has 26 heavy (non-hydrogen) atoms. The van der Waals surface area contributed by atoms with Crippen molar-refractivity contribution in [2.75, 3.05) is 0 Å². The van der Waals surface area contributed by atoms with E-state index < -0.39 is 81.9 Å². The fourth-order valence-electron chi connectivity index (χ4n) is 2.26. The summed E-state index contributed by atoms with van der Waals surface area (Å²) in [4.78, 5) is 71.1. The van der Waals surface area contributed by atoms with E-state index in [-0.39, 0.29) is 0 Å². The first-order valence-corrected chi connectivity index (χ1v) is 6.85. The van der Waals surface area contributed by atoms with Gasteiger partial charge in [-0.05, 0) is 0 Å². The van der Waals surface area contributed by atoms with Crippen LogP contribution in [0.4, 0.5) is 0 Å². The van der Waals surface area contributed by atoms with Crippen molar-refractivity contribution in [2.45, 2.75) is 36.6 Å².